The van der Waals surface area contributed by atoms with Crippen LogP contribution in [0.2, 0.25) is 0 Å². The van der Waals surface area contributed by atoms with Gasteiger partial charge in [-0.15, -0.1) is 0 Å². The highest BCUT2D eigenvalue weighted by Gasteiger charge is 2.08. The number of anilines is 3. The van der Waals surface area contributed by atoms with Gasteiger partial charge in [0.15, 0.2) is 0 Å². The fraction of sp³-hybridized carbons (Fsp3) is 0.105. The van der Waals surface area contributed by atoms with Crippen molar-refractivity contribution in [1.82, 2.24) is 9.97 Å². The van der Waals surface area contributed by atoms with Crippen LogP contribution in [-0.2, 0) is 0 Å². The molecular weight excluding hydrogens is 380 g/mol. The van der Waals surface area contributed by atoms with Gasteiger partial charge in [-0.25, -0.2) is 9.97 Å². The third-order valence-electron chi connectivity index (χ3n) is 3.64. The summed E-state index contributed by atoms with van der Waals surface area (Å²) in [5, 5.41) is 5.97. The Morgan fingerprint density at radius 2 is 1.68 bits per heavy atom. The molecule has 0 unspecified atom stereocenters. The molecule has 1 amide bonds. The van der Waals surface area contributed by atoms with E-state index in [1.807, 2.05) is 50.2 Å². The molecule has 0 spiro atoms. The summed E-state index contributed by atoms with van der Waals surface area (Å²) in [6.07, 6.45) is 3.01. The number of aromatic nitrogens is 2. The number of nitrogens with one attached hydrogen (secondary N) is 2. The topological polar surface area (TPSA) is 66.9 Å². The van der Waals surface area contributed by atoms with Gasteiger partial charge in [-0.1, -0.05) is 33.6 Å². The molecule has 2 N–H and O–H groups in total. The van der Waals surface area contributed by atoms with Gasteiger partial charge < -0.3 is 10.6 Å². The van der Waals surface area contributed by atoms with Crippen LogP contribution < -0.4 is 10.6 Å². The maximum atomic E-state index is 12.2. The maximum absolute atomic E-state index is 12.2. The van der Waals surface area contributed by atoms with Crippen LogP contribution in [0.15, 0.2) is 59.3 Å². The normalized spacial score (nSPS) is 10.4. The van der Waals surface area contributed by atoms with Gasteiger partial charge in [0.05, 0.1) is 5.56 Å². The molecule has 3 rings (SSSR count). The van der Waals surface area contributed by atoms with Crippen LogP contribution in [0, 0.1) is 13.8 Å². The molecule has 0 aliphatic rings. The van der Waals surface area contributed by atoms with Crippen LogP contribution in [-0.4, -0.2) is 15.9 Å². The maximum Gasteiger partial charge on any atom is 0.258 e. The van der Waals surface area contributed by atoms with Crippen LogP contribution >= 0.6 is 15.9 Å². The zero-order valence-electron chi connectivity index (χ0n) is 13.9. The molecule has 0 atom stereocenters. The van der Waals surface area contributed by atoms with Gasteiger partial charge in [0.25, 0.3) is 5.91 Å². The van der Waals surface area contributed by atoms with E-state index >= 15 is 0 Å². The Morgan fingerprint density at radius 3 is 2.32 bits per heavy atom. The summed E-state index contributed by atoms with van der Waals surface area (Å²) in [6.45, 7) is 4.07. The molecule has 0 aliphatic heterocycles. The number of carbonyl (C=O) groups is 1. The second kappa shape index (κ2) is 7.44. The molecule has 1 heterocycles. The number of halogens is 1. The molecular formula is C19H17BrN4O. The van der Waals surface area contributed by atoms with Crippen LogP contribution in [0.4, 0.5) is 17.3 Å². The summed E-state index contributed by atoms with van der Waals surface area (Å²) in [7, 11) is 0. The van der Waals surface area contributed by atoms with E-state index in [2.05, 4.69) is 42.6 Å². The molecule has 0 bridgehead atoms. The lowest BCUT2D eigenvalue weighted by atomic mass is 10.1. The highest BCUT2D eigenvalue weighted by atomic mass is 79.9. The first-order chi connectivity index (χ1) is 12.0. The molecule has 126 valence electrons. The minimum Gasteiger partial charge on any atom is -0.324 e. The summed E-state index contributed by atoms with van der Waals surface area (Å²) >= 11 is 3.36. The van der Waals surface area contributed by atoms with Crippen LogP contribution in [0.1, 0.15) is 21.5 Å². The number of aryl methyl sites for hydroxylation is 2. The van der Waals surface area contributed by atoms with Crippen molar-refractivity contribution in [1.29, 1.82) is 0 Å². The first-order valence-electron chi connectivity index (χ1n) is 7.74. The molecule has 6 heteroatoms. The summed E-state index contributed by atoms with van der Waals surface area (Å²) in [4.78, 5) is 20.7. The first kappa shape index (κ1) is 17.1. The number of amides is 1. The SMILES string of the molecule is Cc1ccc(Nc2ncc(C(=O)Nc3ccc(Br)cc3)cn2)c(C)c1. The third-order valence-corrected chi connectivity index (χ3v) is 4.17. The number of hydrogen-bond acceptors (Lipinski definition) is 4. The smallest absolute Gasteiger partial charge is 0.258 e. The van der Waals surface area contributed by atoms with E-state index in [1.54, 1.807) is 0 Å². The van der Waals surface area contributed by atoms with Gasteiger partial charge in [0.2, 0.25) is 5.95 Å². The van der Waals surface area contributed by atoms with Crippen LogP contribution in [0.3, 0.4) is 0 Å². The molecule has 0 saturated carbocycles. The highest BCUT2D eigenvalue weighted by molar-refractivity contribution is 9.10. The van der Waals surface area contributed by atoms with Crippen molar-refractivity contribution in [2.75, 3.05) is 10.6 Å². The second-order valence-corrected chi connectivity index (χ2v) is 6.62. The lowest BCUT2D eigenvalue weighted by molar-refractivity contribution is 0.102. The Morgan fingerprint density at radius 1 is 1.00 bits per heavy atom. The lowest BCUT2D eigenvalue weighted by Crippen LogP contribution is -2.13. The third kappa shape index (κ3) is 4.42. The first-order valence-corrected chi connectivity index (χ1v) is 8.54. The Bertz CT molecular complexity index is 892. The largest absolute Gasteiger partial charge is 0.324 e. The van der Waals surface area contributed by atoms with Crippen molar-refractivity contribution in [2.24, 2.45) is 0 Å². The number of carbonyl (C=O) groups excluding carboxylic acids is 1. The zero-order valence-corrected chi connectivity index (χ0v) is 15.5. The highest BCUT2D eigenvalue weighted by Crippen LogP contribution is 2.19. The van der Waals surface area contributed by atoms with Crippen LogP contribution in [0.5, 0.6) is 0 Å². The molecule has 2 aromatic carbocycles. The van der Waals surface area contributed by atoms with Crippen molar-refractivity contribution in [3.8, 4) is 0 Å². The molecule has 0 aliphatic carbocycles. The standard InChI is InChI=1S/C19H17BrN4O/c1-12-3-8-17(13(2)9-12)24-19-21-10-14(11-22-19)18(25)23-16-6-4-15(20)5-7-16/h3-11H,1-2H3,(H,23,25)(H,21,22,24). The average Bonchev–Trinajstić information content (AvgIpc) is 2.60. The fourth-order valence-electron chi connectivity index (χ4n) is 2.32. The molecule has 0 radical (unpaired) electrons. The molecule has 5 nitrogen and oxygen atoms in total. The minimum absolute atomic E-state index is 0.250. The molecule has 3 aromatic rings. The second-order valence-electron chi connectivity index (χ2n) is 5.70. The number of benzene rings is 2. The number of rotatable bonds is 4. The number of nitrogens with zero attached hydrogens (tertiary/aromatic N) is 2. The van der Waals surface area contributed by atoms with Crippen molar-refractivity contribution in [3.63, 3.8) is 0 Å². The molecule has 0 saturated heterocycles. The Labute approximate surface area is 154 Å². The van der Waals surface area contributed by atoms with Gasteiger partial charge >= 0.3 is 0 Å². The predicted molar refractivity (Wildman–Crippen MR) is 103 cm³/mol. The van der Waals surface area contributed by atoms with Crippen molar-refractivity contribution in [3.05, 3.63) is 76.0 Å². The van der Waals surface area contributed by atoms with E-state index in [4.69, 9.17) is 0 Å². The quantitative estimate of drug-likeness (QED) is 0.661. The van der Waals surface area contributed by atoms with Gasteiger partial charge in [-0.2, -0.15) is 0 Å². The Balaban J connectivity index is 1.69. The Hall–Kier alpha value is -2.73. The van der Waals surface area contributed by atoms with Gasteiger partial charge in [0, 0.05) is 28.2 Å². The van der Waals surface area contributed by atoms with Gasteiger partial charge in [-0.3, -0.25) is 4.79 Å². The summed E-state index contributed by atoms with van der Waals surface area (Å²) in [5.41, 5.74) is 4.36. The van der Waals surface area contributed by atoms with Crippen LogP contribution in [0.25, 0.3) is 0 Å². The van der Waals surface area contributed by atoms with E-state index in [0.29, 0.717) is 17.2 Å². The van der Waals surface area contributed by atoms with E-state index in [0.717, 1.165) is 15.7 Å². The number of hydrogen-bond donors (Lipinski definition) is 2. The molecule has 25 heavy (non-hydrogen) atoms. The monoisotopic (exact) mass is 396 g/mol. The van der Waals surface area contributed by atoms with E-state index in [1.165, 1.54) is 18.0 Å². The van der Waals surface area contributed by atoms with Crippen molar-refractivity contribution in [2.45, 2.75) is 13.8 Å². The lowest BCUT2D eigenvalue weighted by Gasteiger charge is -2.09. The van der Waals surface area contributed by atoms with Gasteiger partial charge in [0.1, 0.15) is 0 Å². The van der Waals surface area contributed by atoms with E-state index in [-0.39, 0.29) is 5.91 Å². The average molecular weight is 397 g/mol. The minimum atomic E-state index is -0.250. The summed E-state index contributed by atoms with van der Waals surface area (Å²) in [6, 6.07) is 13.5. The molecule has 1 aromatic heterocycles. The van der Waals surface area contributed by atoms with E-state index in [9.17, 15) is 4.79 Å². The van der Waals surface area contributed by atoms with Crippen molar-refractivity contribution >= 4 is 39.2 Å². The Kier molecular flexibility index (Phi) is 5.09. The predicted octanol–water partition coefficient (Wildman–Crippen LogP) is 4.85. The van der Waals surface area contributed by atoms with Crippen molar-refractivity contribution < 1.29 is 4.79 Å². The van der Waals surface area contributed by atoms with E-state index < -0.39 is 0 Å². The zero-order chi connectivity index (χ0) is 17.8. The molecule has 0 fully saturated rings. The summed E-state index contributed by atoms with van der Waals surface area (Å²) < 4.78 is 0.954. The van der Waals surface area contributed by atoms with Gasteiger partial charge in [-0.05, 0) is 49.7 Å². The summed E-state index contributed by atoms with van der Waals surface area (Å²) in [5.74, 6) is 0.201. The fourth-order valence-corrected chi connectivity index (χ4v) is 2.58.